The lowest BCUT2D eigenvalue weighted by atomic mass is 9.98. The van der Waals surface area contributed by atoms with Crippen molar-refractivity contribution in [1.82, 2.24) is 5.32 Å². The van der Waals surface area contributed by atoms with Gasteiger partial charge in [0, 0.05) is 5.69 Å². The first kappa shape index (κ1) is 19.9. The van der Waals surface area contributed by atoms with Crippen molar-refractivity contribution < 1.29 is 9.53 Å². The summed E-state index contributed by atoms with van der Waals surface area (Å²) in [5, 5.41) is 7.05. The Hall–Kier alpha value is -2.40. The van der Waals surface area contributed by atoms with Crippen molar-refractivity contribution in [3.05, 3.63) is 64.7 Å². The SMILES string of the molecule is CCOC(=O)c1cccc(NC(=S)NC(CC)c2ccc(C)cc2C)c1. The Kier molecular flexibility index (Phi) is 7.16. The highest BCUT2D eigenvalue weighted by Crippen LogP contribution is 2.22. The van der Waals surface area contributed by atoms with E-state index in [1.54, 1.807) is 25.1 Å². The van der Waals surface area contributed by atoms with Crippen LogP contribution >= 0.6 is 12.2 Å². The van der Waals surface area contributed by atoms with Gasteiger partial charge in [0.1, 0.15) is 0 Å². The molecule has 2 aromatic carbocycles. The summed E-state index contributed by atoms with van der Waals surface area (Å²) < 4.78 is 5.04. The van der Waals surface area contributed by atoms with Crippen molar-refractivity contribution in [2.75, 3.05) is 11.9 Å². The van der Waals surface area contributed by atoms with Crippen LogP contribution in [0, 0.1) is 13.8 Å². The first-order valence-corrected chi connectivity index (χ1v) is 9.27. The molecule has 0 aliphatic rings. The van der Waals surface area contributed by atoms with Crippen molar-refractivity contribution in [3.8, 4) is 0 Å². The van der Waals surface area contributed by atoms with Gasteiger partial charge in [-0.15, -0.1) is 0 Å². The van der Waals surface area contributed by atoms with Gasteiger partial charge in [0.2, 0.25) is 0 Å². The first-order valence-electron chi connectivity index (χ1n) is 8.86. The summed E-state index contributed by atoms with van der Waals surface area (Å²) in [6, 6.07) is 13.7. The van der Waals surface area contributed by atoms with Crippen LogP contribution in [0.1, 0.15) is 53.4 Å². The minimum atomic E-state index is -0.336. The van der Waals surface area contributed by atoms with Crippen LogP contribution in [0.4, 0.5) is 5.69 Å². The minimum Gasteiger partial charge on any atom is -0.462 e. The normalized spacial score (nSPS) is 11.5. The molecule has 0 spiro atoms. The highest BCUT2D eigenvalue weighted by atomic mass is 32.1. The van der Waals surface area contributed by atoms with Gasteiger partial charge in [-0.05, 0) is 68.7 Å². The van der Waals surface area contributed by atoms with Crippen LogP contribution in [-0.2, 0) is 4.74 Å². The van der Waals surface area contributed by atoms with Crippen LogP contribution in [0.5, 0.6) is 0 Å². The van der Waals surface area contributed by atoms with Gasteiger partial charge in [-0.25, -0.2) is 4.79 Å². The van der Waals surface area contributed by atoms with Crippen molar-refractivity contribution in [2.24, 2.45) is 0 Å². The maximum Gasteiger partial charge on any atom is 0.338 e. The largest absolute Gasteiger partial charge is 0.462 e. The number of carbonyl (C=O) groups is 1. The van der Waals surface area contributed by atoms with Gasteiger partial charge in [0.15, 0.2) is 5.11 Å². The number of esters is 1. The molecule has 0 saturated heterocycles. The summed E-state index contributed by atoms with van der Waals surface area (Å²) >= 11 is 5.47. The van der Waals surface area contributed by atoms with E-state index in [1.807, 2.05) is 6.07 Å². The molecule has 0 aromatic heterocycles. The molecule has 5 heteroatoms. The van der Waals surface area contributed by atoms with E-state index in [0.717, 1.165) is 12.1 Å². The number of rotatable bonds is 6. The summed E-state index contributed by atoms with van der Waals surface area (Å²) in [5.41, 5.74) is 4.99. The van der Waals surface area contributed by atoms with E-state index in [-0.39, 0.29) is 12.0 Å². The zero-order valence-corrected chi connectivity index (χ0v) is 16.6. The molecule has 0 aliphatic carbocycles. The number of aryl methyl sites for hydroxylation is 2. The molecule has 0 heterocycles. The van der Waals surface area contributed by atoms with Gasteiger partial charge >= 0.3 is 5.97 Å². The van der Waals surface area contributed by atoms with Gasteiger partial charge in [-0.1, -0.05) is 36.8 Å². The third-order valence-electron chi connectivity index (χ3n) is 4.15. The molecule has 2 rings (SSSR count). The second-order valence-corrected chi connectivity index (χ2v) is 6.63. The van der Waals surface area contributed by atoms with Gasteiger partial charge in [0.25, 0.3) is 0 Å². The maximum absolute atomic E-state index is 11.9. The highest BCUT2D eigenvalue weighted by Gasteiger charge is 2.14. The molecule has 138 valence electrons. The summed E-state index contributed by atoms with van der Waals surface area (Å²) in [7, 11) is 0. The Bertz CT molecular complexity index is 789. The number of anilines is 1. The molecule has 4 nitrogen and oxygen atoms in total. The van der Waals surface area contributed by atoms with Crippen molar-refractivity contribution in [2.45, 2.75) is 40.2 Å². The molecule has 0 fully saturated rings. The van der Waals surface area contributed by atoms with E-state index in [9.17, 15) is 4.79 Å². The van der Waals surface area contributed by atoms with Gasteiger partial charge in [-0.3, -0.25) is 0 Å². The molecule has 1 atom stereocenters. The van der Waals surface area contributed by atoms with Crippen LogP contribution in [0.25, 0.3) is 0 Å². The van der Waals surface area contributed by atoms with Crippen LogP contribution < -0.4 is 10.6 Å². The number of hydrogen-bond donors (Lipinski definition) is 2. The molecule has 0 radical (unpaired) electrons. The Balaban J connectivity index is 2.07. The lowest BCUT2D eigenvalue weighted by Crippen LogP contribution is -2.32. The van der Waals surface area contributed by atoms with E-state index in [0.29, 0.717) is 17.3 Å². The van der Waals surface area contributed by atoms with E-state index < -0.39 is 0 Å². The Morgan fingerprint density at radius 1 is 1.15 bits per heavy atom. The number of nitrogens with one attached hydrogen (secondary N) is 2. The average Bonchev–Trinajstić information content (AvgIpc) is 2.60. The van der Waals surface area contributed by atoms with E-state index in [1.165, 1.54) is 16.7 Å². The molecule has 0 amide bonds. The zero-order chi connectivity index (χ0) is 19.1. The molecule has 2 N–H and O–H groups in total. The van der Waals surface area contributed by atoms with E-state index in [2.05, 4.69) is 49.6 Å². The Labute approximate surface area is 161 Å². The third kappa shape index (κ3) is 5.30. The Morgan fingerprint density at radius 3 is 2.58 bits per heavy atom. The minimum absolute atomic E-state index is 0.129. The monoisotopic (exact) mass is 370 g/mol. The highest BCUT2D eigenvalue weighted by molar-refractivity contribution is 7.80. The molecule has 26 heavy (non-hydrogen) atoms. The standard InChI is InChI=1S/C21H26N2O2S/c1-5-19(18-11-10-14(3)12-15(18)4)23-21(26)22-17-9-7-8-16(13-17)20(24)25-6-2/h7-13,19H,5-6H2,1-4H3,(H2,22,23,26). The lowest BCUT2D eigenvalue weighted by Gasteiger charge is -2.22. The predicted molar refractivity (Wildman–Crippen MR) is 111 cm³/mol. The summed E-state index contributed by atoms with van der Waals surface area (Å²) in [6.07, 6.45) is 0.911. The maximum atomic E-state index is 11.9. The Morgan fingerprint density at radius 2 is 1.92 bits per heavy atom. The van der Waals surface area contributed by atoms with E-state index in [4.69, 9.17) is 17.0 Å². The fraction of sp³-hybridized carbons (Fsp3) is 0.333. The van der Waals surface area contributed by atoms with Crippen LogP contribution in [-0.4, -0.2) is 17.7 Å². The molecule has 2 aromatic rings. The van der Waals surface area contributed by atoms with Crippen molar-refractivity contribution in [1.29, 1.82) is 0 Å². The lowest BCUT2D eigenvalue weighted by molar-refractivity contribution is 0.0526. The van der Waals surface area contributed by atoms with Crippen LogP contribution in [0.3, 0.4) is 0 Å². The predicted octanol–water partition coefficient (Wildman–Crippen LogP) is 4.92. The number of carbonyl (C=O) groups excluding carboxylic acids is 1. The van der Waals surface area contributed by atoms with Crippen molar-refractivity contribution in [3.63, 3.8) is 0 Å². The number of ether oxygens (including phenoxy) is 1. The molecule has 1 unspecified atom stereocenters. The quantitative estimate of drug-likeness (QED) is 0.558. The third-order valence-corrected chi connectivity index (χ3v) is 4.37. The summed E-state index contributed by atoms with van der Waals surface area (Å²) in [5.74, 6) is -0.336. The molecule has 0 saturated carbocycles. The second-order valence-electron chi connectivity index (χ2n) is 6.22. The fourth-order valence-electron chi connectivity index (χ4n) is 2.88. The zero-order valence-electron chi connectivity index (χ0n) is 15.8. The van der Waals surface area contributed by atoms with Crippen LogP contribution in [0.15, 0.2) is 42.5 Å². The number of thiocarbonyl (C=S) groups is 1. The topological polar surface area (TPSA) is 50.4 Å². The average molecular weight is 371 g/mol. The number of hydrogen-bond acceptors (Lipinski definition) is 3. The number of benzene rings is 2. The van der Waals surface area contributed by atoms with Gasteiger partial charge in [0.05, 0.1) is 18.2 Å². The fourth-order valence-corrected chi connectivity index (χ4v) is 3.14. The van der Waals surface area contributed by atoms with Gasteiger partial charge < -0.3 is 15.4 Å². The second kappa shape index (κ2) is 9.34. The molecular formula is C21H26N2O2S. The molecular weight excluding hydrogens is 344 g/mol. The molecule has 0 aliphatic heterocycles. The first-order chi connectivity index (χ1) is 12.4. The summed E-state index contributed by atoms with van der Waals surface area (Å²) in [4.78, 5) is 11.9. The van der Waals surface area contributed by atoms with E-state index >= 15 is 0 Å². The summed E-state index contributed by atoms with van der Waals surface area (Å²) in [6.45, 7) is 8.47. The molecule has 0 bridgehead atoms. The van der Waals surface area contributed by atoms with Crippen LogP contribution in [0.2, 0.25) is 0 Å². The van der Waals surface area contributed by atoms with Gasteiger partial charge in [-0.2, -0.15) is 0 Å². The van der Waals surface area contributed by atoms with Crippen molar-refractivity contribution >= 4 is 29.0 Å². The smallest absolute Gasteiger partial charge is 0.338 e.